The van der Waals surface area contributed by atoms with Crippen molar-refractivity contribution in [3.05, 3.63) is 29.8 Å². The van der Waals surface area contributed by atoms with Crippen LogP contribution in [0.5, 0.6) is 0 Å². The first kappa shape index (κ1) is 9.63. The van der Waals surface area contributed by atoms with E-state index in [0.29, 0.717) is 11.2 Å². The molecule has 0 amide bonds. The van der Waals surface area contributed by atoms with Crippen LogP contribution in [0.1, 0.15) is 18.4 Å². The van der Waals surface area contributed by atoms with Gasteiger partial charge in [-0.3, -0.25) is 0 Å². The van der Waals surface area contributed by atoms with Crippen molar-refractivity contribution >= 4 is 11.2 Å². The van der Waals surface area contributed by atoms with Crippen LogP contribution >= 0.6 is 0 Å². The molecule has 1 fully saturated rings. The second-order valence-corrected chi connectivity index (χ2v) is 4.33. The summed E-state index contributed by atoms with van der Waals surface area (Å²) < 4.78 is 15.9. The molecule has 1 aliphatic heterocycles. The van der Waals surface area contributed by atoms with Gasteiger partial charge in [-0.15, -0.1) is 0 Å². The molecule has 0 atom stereocenters. The molecule has 0 radical (unpaired) electrons. The van der Waals surface area contributed by atoms with Crippen LogP contribution in [0.15, 0.2) is 18.5 Å². The van der Waals surface area contributed by atoms with E-state index in [1.54, 1.807) is 10.7 Å². The molecule has 0 aromatic carbocycles. The summed E-state index contributed by atoms with van der Waals surface area (Å²) >= 11 is 0. The van der Waals surface area contributed by atoms with Crippen molar-refractivity contribution in [2.24, 2.45) is 0 Å². The van der Waals surface area contributed by atoms with E-state index in [0.717, 1.165) is 31.5 Å². The minimum Gasteiger partial charge on any atom is -0.369 e. The van der Waals surface area contributed by atoms with Crippen LogP contribution in [0.4, 0.5) is 10.1 Å². The van der Waals surface area contributed by atoms with Crippen molar-refractivity contribution in [2.45, 2.75) is 19.8 Å². The fourth-order valence-corrected chi connectivity index (χ4v) is 2.37. The number of hydrogen-bond donors (Lipinski definition) is 0. The van der Waals surface area contributed by atoms with Gasteiger partial charge in [0.2, 0.25) is 0 Å². The van der Waals surface area contributed by atoms with E-state index in [1.807, 2.05) is 19.2 Å². The third kappa shape index (κ3) is 1.29. The maximum Gasteiger partial charge on any atom is 0.172 e. The molecule has 4 heteroatoms. The number of pyridine rings is 1. The van der Waals surface area contributed by atoms with E-state index in [4.69, 9.17) is 0 Å². The van der Waals surface area contributed by atoms with Crippen LogP contribution in [0.25, 0.3) is 5.52 Å². The van der Waals surface area contributed by atoms with Gasteiger partial charge < -0.3 is 4.90 Å². The fourth-order valence-electron chi connectivity index (χ4n) is 2.37. The quantitative estimate of drug-likeness (QED) is 0.734. The Morgan fingerprint density at radius 3 is 2.81 bits per heavy atom. The monoisotopic (exact) mass is 219 g/mol. The molecule has 0 aliphatic carbocycles. The minimum absolute atomic E-state index is 0.139. The Morgan fingerprint density at radius 1 is 1.31 bits per heavy atom. The predicted molar refractivity (Wildman–Crippen MR) is 61.3 cm³/mol. The first-order valence-electron chi connectivity index (χ1n) is 5.65. The van der Waals surface area contributed by atoms with Crippen molar-refractivity contribution < 1.29 is 4.39 Å². The second-order valence-electron chi connectivity index (χ2n) is 4.33. The van der Waals surface area contributed by atoms with E-state index in [2.05, 4.69) is 10.00 Å². The fraction of sp³-hybridized carbons (Fsp3) is 0.417. The summed E-state index contributed by atoms with van der Waals surface area (Å²) in [5.41, 5.74) is 2.21. The van der Waals surface area contributed by atoms with Gasteiger partial charge >= 0.3 is 0 Å². The first-order valence-corrected chi connectivity index (χ1v) is 5.65. The first-order chi connectivity index (χ1) is 7.77. The van der Waals surface area contributed by atoms with Gasteiger partial charge in [0.15, 0.2) is 5.82 Å². The summed E-state index contributed by atoms with van der Waals surface area (Å²) in [6.45, 7) is 3.81. The highest BCUT2D eigenvalue weighted by Gasteiger charge is 2.18. The molecule has 2 aromatic rings. The largest absolute Gasteiger partial charge is 0.369 e. The standard InChI is InChI=1S/C12H14FN3/c1-9-8-14-16-7-4-10(11(13)12(9)16)15-5-2-3-6-15/h4,7-8H,2-3,5-6H2,1H3. The van der Waals surface area contributed by atoms with Crippen molar-refractivity contribution in [3.63, 3.8) is 0 Å². The second kappa shape index (κ2) is 3.47. The van der Waals surface area contributed by atoms with Gasteiger partial charge in [-0.1, -0.05) is 0 Å². The van der Waals surface area contributed by atoms with E-state index in [1.165, 1.54) is 0 Å². The number of rotatable bonds is 1. The lowest BCUT2D eigenvalue weighted by Crippen LogP contribution is -2.19. The van der Waals surface area contributed by atoms with Gasteiger partial charge in [-0.25, -0.2) is 8.91 Å². The topological polar surface area (TPSA) is 20.5 Å². The number of anilines is 1. The molecule has 1 aliphatic rings. The smallest absolute Gasteiger partial charge is 0.172 e. The third-order valence-corrected chi connectivity index (χ3v) is 3.23. The van der Waals surface area contributed by atoms with E-state index < -0.39 is 0 Å². The lowest BCUT2D eigenvalue weighted by molar-refractivity contribution is 0.625. The van der Waals surface area contributed by atoms with Crippen LogP contribution in [0.3, 0.4) is 0 Å². The van der Waals surface area contributed by atoms with Crippen molar-refractivity contribution in [2.75, 3.05) is 18.0 Å². The van der Waals surface area contributed by atoms with Gasteiger partial charge in [0.1, 0.15) is 5.52 Å². The maximum atomic E-state index is 14.3. The Kier molecular flexibility index (Phi) is 2.09. The van der Waals surface area contributed by atoms with Gasteiger partial charge in [-0.05, 0) is 31.4 Å². The molecule has 84 valence electrons. The van der Waals surface area contributed by atoms with E-state index in [9.17, 15) is 4.39 Å². The lowest BCUT2D eigenvalue weighted by atomic mass is 10.2. The number of aromatic nitrogens is 2. The predicted octanol–water partition coefficient (Wildman–Crippen LogP) is 2.38. The molecule has 1 saturated heterocycles. The molecular weight excluding hydrogens is 205 g/mol. The molecule has 0 unspecified atom stereocenters. The molecule has 3 heterocycles. The Bertz CT molecular complexity index is 526. The Hall–Kier alpha value is -1.58. The Labute approximate surface area is 93.5 Å². The molecule has 3 nitrogen and oxygen atoms in total. The highest BCUT2D eigenvalue weighted by molar-refractivity contribution is 5.64. The average molecular weight is 219 g/mol. The molecular formula is C12H14FN3. The molecule has 0 bridgehead atoms. The zero-order valence-electron chi connectivity index (χ0n) is 9.28. The molecule has 0 N–H and O–H groups in total. The van der Waals surface area contributed by atoms with Crippen molar-refractivity contribution in [3.8, 4) is 0 Å². The van der Waals surface area contributed by atoms with Gasteiger partial charge in [0, 0.05) is 19.3 Å². The number of nitrogens with zero attached hydrogens (tertiary/aromatic N) is 3. The Morgan fingerprint density at radius 2 is 2.06 bits per heavy atom. The summed E-state index contributed by atoms with van der Waals surface area (Å²) in [4.78, 5) is 2.11. The highest BCUT2D eigenvalue weighted by atomic mass is 19.1. The van der Waals surface area contributed by atoms with Crippen molar-refractivity contribution in [1.82, 2.24) is 9.61 Å². The van der Waals surface area contributed by atoms with Crippen LogP contribution in [-0.2, 0) is 0 Å². The van der Waals surface area contributed by atoms with Crippen LogP contribution in [0, 0.1) is 12.7 Å². The number of halogens is 1. The van der Waals surface area contributed by atoms with Crippen LogP contribution in [-0.4, -0.2) is 22.7 Å². The molecule has 2 aromatic heterocycles. The summed E-state index contributed by atoms with van der Waals surface area (Å²) in [5.74, 6) is -0.139. The van der Waals surface area contributed by atoms with E-state index >= 15 is 0 Å². The van der Waals surface area contributed by atoms with Gasteiger partial charge in [0.05, 0.1) is 11.9 Å². The van der Waals surface area contributed by atoms with Crippen LogP contribution < -0.4 is 4.90 Å². The molecule has 0 spiro atoms. The van der Waals surface area contributed by atoms with Gasteiger partial charge in [0.25, 0.3) is 0 Å². The normalized spacial score (nSPS) is 16.2. The third-order valence-electron chi connectivity index (χ3n) is 3.23. The molecule has 0 saturated carbocycles. The summed E-state index contributed by atoms with van der Waals surface area (Å²) in [5, 5.41) is 4.10. The molecule has 3 rings (SSSR count). The van der Waals surface area contributed by atoms with Crippen molar-refractivity contribution in [1.29, 1.82) is 0 Å². The lowest BCUT2D eigenvalue weighted by Gasteiger charge is -2.18. The maximum absolute atomic E-state index is 14.3. The zero-order chi connectivity index (χ0) is 11.1. The summed E-state index contributed by atoms with van der Waals surface area (Å²) in [6.07, 6.45) is 5.84. The number of fused-ring (bicyclic) bond motifs is 1. The summed E-state index contributed by atoms with van der Waals surface area (Å²) in [7, 11) is 0. The highest BCUT2D eigenvalue weighted by Crippen LogP contribution is 2.27. The average Bonchev–Trinajstić information content (AvgIpc) is 2.89. The number of aryl methyl sites for hydroxylation is 1. The van der Waals surface area contributed by atoms with E-state index in [-0.39, 0.29) is 5.82 Å². The Balaban J connectivity index is 2.18. The minimum atomic E-state index is -0.139. The van der Waals surface area contributed by atoms with Gasteiger partial charge in [-0.2, -0.15) is 5.10 Å². The number of hydrogen-bond acceptors (Lipinski definition) is 2. The SMILES string of the molecule is Cc1cnn2ccc(N3CCCC3)c(F)c12. The summed E-state index contributed by atoms with van der Waals surface area (Å²) in [6, 6.07) is 1.82. The van der Waals surface area contributed by atoms with Crippen LogP contribution in [0.2, 0.25) is 0 Å². The molecule has 16 heavy (non-hydrogen) atoms. The zero-order valence-corrected chi connectivity index (χ0v) is 9.28.